The van der Waals surface area contributed by atoms with Crippen LogP contribution in [-0.2, 0) is 6.54 Å². The van der Waals surface area contributed by atoms with Crippen molar-refractivity contribution >= 4 is 5.69 Å². The number of H-pyrrole nitrogens is 1. The van der Waals surface area contributed by atoms with Crippen LogP contribution >= 0.6 is 0 Å². The molecule has 1 aromatic carbocycles. The summed E-state index contributed by atoms with van der Waals surface area (Å²) in [5, 5.41) is 0. The number of aromatic nitrogens is 2. The molecule has 0 unspecified atom stereocenters. The van der Waals surface area contributed by atoms with Gasteiger partial charge in [0, 0.05) is 11.8 Å². The first-order valence-electron chi connectivity index (χ1n) is 5.74. The maximum absolute atomic E-state index is 11.7. The number of ether oxygens (including phenoxy) is 1. The van der Waals surface area contributed by atoms with Crippen LogP contribution in [0.2, 0.25) is 0 Å². The van der Waals surface area contributed by atoms with E-state index in [-0.39, 0.29) is 5.56 Å². The molecule has 0 atom stereocenters. The molecule has 0 aliphatic rings. The predicted octanol–water partition coefficient (Wildman–Crippen LogP) is 0.484. The van der Waals surface area contributed by atoms with Crippen LogP contribution in [0, 0.1) is 6.92 Å². The largest absolute Gasteiger partial charge is 0.495 e. The number of nitrogen functional groups attached to an aromatic ring is 1. The van der Waals surface area contributed by atoms with Crippen LogP contribution < -0.4 is 21.7 Å². The van der Waals surface area contributed by atoms with E-state index in [4.69, 9.17) is 10.5 Å². The smallest absolute Gasteiger partial charge is 0.328 e. The van der Waals surface area contributed by atoms with Crippen LogP contribution in [0.5, 0.6) is 5.75 Å². The first-order valence-corrected chi connectivity index (χ1v) is 5.74. The van der Waals surface area contributed by atoms with E-state index < -0.39 is 5.69 Å². The highest BCUT2D eigenvalue weighted by Crippen LogP contribution is 2.21. The molecule has 0 aliphatic carbocycles. The number of aryl methyl sites for hydroxylation is 1. The summed E-state index contributed by atoms with van der Waals surface area (Å²) in [6.45, 7) is 1.99. The van der Waals surface area contributed by atoms with Crippen LogP contribution in [-0.4, -0.2) is 16.7 Å². The van der Waals surface area contributed by atoms with Crippen LogP contribution in [0.4, 0.5) is 5.69 Å². The highest BCUT2D eigenvalue weighted by Gasteiger charge is 2.04. The number of nitrogens with zero attached hydrogens (tertiary/aromatic N) is 1. The Morgan fingerprint density at radius 2 is 2.11 bits per heavy atom. The van der Waals surface area contributed by atoms with Gasteiger partial charge in [-0.3, -0.25) is 14.3 Å². The van der Waals surface area contributed by atoms with Crippen molar-refractivity contribution in [3.05, 3.63) is 56.4 Å². The first-order chi connectivity index (χ1) is 9.01. The van der Waals surface area contributed by atoms with Gasteiger partial charge in [0.1, 0.15) is 5.75 Å². The fourth-order valence-corrected chi connectivity index (χ4v) is 1.81. The molecular weight excluding hydrogens is 246 g/mol. The van der Waals surface area contributed by atoms with Crippen LogP contribution in [0.15, 0.2) is 34.0 Å². The lowest BCUT2D eigenvalue weighted by molar-refractivity contribution is 0.417. The summed E-state index contributed by atoms with van der Waals surface area (Å²) in [7, 11) is 1.54. The van der Waals surface area contributed by atoms with Crippen molar-refractivity contribution in [2.75, 3.05) is 12.8 Å². The Bertz CT molecular complexity index is 716. The zero-order valence-electron chi connectivity index (χ0n) is 10.8. The summed E-state index contributed by atoms with van der Waals surface area (Å²) in [5.74, 6) is 0.591. The Hall–Kier alpha value is -2.50. The molecule has 0 spiro atoms. The van der Waals surface area contributed by atoms with Gasteiger partial charge in [0.15, 0.2) is 0 Å². The Labute approximate surface area is 109 Å². The number of methoxy groups -OCH3 is 1. The maximum Gasteiger partial charge on any atom is 0.328 e. The molecule has 6 heteroatoms. The Morgan fingerprint density at radius 1 is 1.37 bits per heavy atom. The molecule has 0 bridgehead atoms. The summed E-state index contributed by atoms with van der Waals surface area (Å²) in [6, 6.07) is 5.31. The third-order valence-electron chi connectivity index (χ3n) is 2.84. The molecule has 100 valence electrons. The molecular formula is C13H15N3O3. The van der Waals surface area contributed by atoms with E-state index in [1.165, 1.54) is 10.8 Å². The van der Waals surface area contributed by atoms with E-state index in [0.717, 1.165) is 5.56 Å². The number of rotatable bonds is 3. The van der Waals surface area contributed by atoms with Crippen molar-refractivity contribution in [1.29, 1.82) is 0 Å². The van der Waals surface area contributed by atoms with Crippen molar-refractivity contribution in [2.45, 2.75) is 13.5 Å². The Balaban J connectivity index is 2.36. The molecule has 0 aliphatic heterocycles. The van der Waals surface area contributed by atoms with Crippen molar-refractivity contribution in [3.63, 3.8) is 0 Å². The second-order valence-corrected chi connectivity index (χ2v) is 4.28. The lowest BCUT2D eigenvalue weighted by atomic mass is 10.2. The molecule has 0 saturated heterocycles. The van der Waals surface area contributed by atoms with E-state index in [1.807, 2.05) is 6.07 Å². The molecule has 1 heterocycles. The number of benzene rings is 1. The molecule has 19 heavy (non-hydrogen) atoms. The molecule has 1 aromatic heterocycles. The quantitative estimate of drug-likeness (QED) is 0.786. The van der Waals surface area contributed by atoms with Crippen LogP contribution in [0.1, 0.15) is 11.1 Å². The van der Waals surface area contributed by atoms with Crippen LogP contribution in [0.3, 0.4) is 0 Å². The van der Waals surface area contributed by atoms with Crippen molar-refractivity contribution in [2.24, 2.45) is 0 Å². The molecule has 2 rings (SSSR count). The highest BCUT2D eigenvalue weighted by molar-refractivity contribution is 5.54. The van der Waals surface area contributed by atoms with E-state index in [1.54, 1.807) is 26.2 Å². The van der Waals surface area contributed by atoms with Gasteiger partial charge in [0.2, 0.25) is 0 Å². The number of nitrogens with two attached hydrogens (primary N) is 1. The van der Waals surface area contributed by atoms with Gasteiger partial charge in [-0.25, -0.2) is 4.79 Å². The predicted molar refractivity (Wildman–Crippen MR) is 72.6 cm³/mol. The van der Waals surface area contributed by atoms with E-state index in [0.29, 0.717) is 23.5 Å². The third-order valence-corrected chi connectivity index (χ3v) is 2.84. The second-order valence-electron chi connectivity index (χ2n) is 4.28. The van der Waals surface area contributed by atoms with Gasteiger partial charge >= 0.3 is 5.69 Å². The summed E-state index contributed by atoms with van der Waals surface area (Å²) in [4.78, 5) is 25.2. The standard InChI is InChI=1S/C13H15N3O3/c1-8-6-16(13(18)15-12(8)17)7-9-3-4-11(19-2)10(14)5-9/h3-6H,7,14H2,1-2H3,(H,15,17,18). The van der Waals surface area contributed by atoms with Gasteiger partial charge in [-0.2, -0.15) is 0 Å². The van der Waals surface area contributed by atoms with Gasteiger partial charge in [0.05, 0.1) is 19.3 Å². The zero-order valence-corrected chi connectivity index (χ0v) is 10.8. The van der Waals surface area contributed by atoms with Crippen LogP contribution in [0.25, 0.3) is 0 Å². The zero-order chi connectivity index (χ0) is 14.0. The van der Waals surface area contributed by atoms with Gasteiger partial charge in [-0.05, 0) is 24.6 Å². The lowest BCUT2D eigenvalue weighted by Gasteiger charge is -2.09. The van der Waals surface area contributed by atoms with Gasteiger partial charge in [-0.15, -0.1) is 0 Å². The average Bonchev–Trinajstić information content (AvgIpc) is 2.36. The van der Waals surface area contributed by atoms with Gasteiger partial charge in [-0.1, -0.05) is 6.07 Å². The summed E-state index contributed by atoms with van der Waals surface area (Å²) < 4.78 is 6.50. The van der Waals surface area contributed by atoms with Gasteiger partial charge < -0.3 is 10.5 Å². The van der Waals surface area contributed by atoms with Gasteiger partial charge in [0.25, 0.3) is 5.56 Å². The van der Waals surface area contributed by atoms with Crippen molar-refractivity contribution in [3.8, 4) is 5.75 Å². The SMILES string of the molecule is COc1ccc(Cn2cc(C)c(=O)[nH]c2=O)cc1N. The summed E-state index contributed by atoms with van der Waals surface area (Å²) >= 11 is 0. The number of hydrogen-bond donors (Lipinski definition) is 2. The minimum atomic E-state index is -0.440. The fourth-order valence-electron chi connectivity index (χ4n) is 1.81. The number of aromatic amines is 1. The second kappa shape index (κ2) is 5.01. The lowest BCUT2D eigenvalue weighted by Crippen LogP contribution is -2.31. The number of anilines is 1. The van der Waals surface area contributed by atoms with E-state index >= 15 is 0 Å². The summed E-state index contributed by atoms with van der Waals surface area (Å²) in [5.41, 5.74) is 6.85. The topological polar surface area (TPSA) is 90.1 Å². The molecule has 2 aromatic rings. The normalized spacial score (nSPS) is 10.4. The van der Waals surface area contributed by atoms with E-state index in [2.05, 4.69) is 4.98 Å². The molecule has 0 saturated carbocycles. The molecule has 0 fully saturated rings. The van der Waals surface area contributed by atoms with E-state index in [9.17, 15) is 9.59 Å². The Kier molecular flexibility index (Phi) is 3.41. The number of hydrogen-bond acceptors (Lipinski definition) is 4. The molecule has 0 radical (unpaired) electrons. The monoisotopic (exact) mass is 261 g/mol. The molecule has 6 nitrogen and oxygen atoms in total. The fraction of sp³-hybridized carbons (Fsp3) is 0.231. The number of nitrogens with one attached hydrogen (secondary N) is 1. The molecule has 3 N–H and O–H groups in total. The van der Waals surface area contributed by atoms with Crippen molar-refractivity contribution in [1.82, 2.24) is 9.55 Å². The third kappa shape index (κ3) is 2.67. The minimum absolute atomic E-state index is 0.338. The first kappa shape index (κ1) is 12.9. The van der Waals surface area contributed by atoms with Crippen molar-refractivity contribution < 1.29 is 4.74 Å². The highest BCUT2D eigenvalue weighted by atomic mass is 16.5. The Morgan fingerprint density at radius 3 is 2.74 bits per heavy atom. The maximum atomic E-state index is 11.7. The average molecular weight is 261 g/mol. The molecule has 0 amide bonds. The summed E-state index contributed by atoms with van der Waals surface area (Å²) in [6.07, 6.45) is 1.53. The minimum Gasteiger partial charge on any atom is -0.495 e.